The van der Waals surface area contributed by atoms with Crippen LogP contribution >= 0.6 is 0 Å². The van der Waals surface area contributed by atoms with Crippen LogP contribution in [0.5, 0.6) is 0 Å². The van der Waals surface area contributed by atoms with Crippen molar-refractivity contribution in [1.29, 1.82) is 0 Å². The Morgan fingerprint density at radius 1 is 0.962 bits per heavy atom. The van der Waals surface area contributed by atoms with E-state index in [-0.39, 0.29) is 11.6 Å². The first kappa shape index (κ1) is 18.2. The van der Waals surface area contributed by atoms with Gasteiger partial charge in [0.05, 0.1) is 21.5 Å². The number of hydrogen-bond donors (Lipinski definition) is 1. The number of hydrogen-bond acceptors (Lipinski definition) is 6. The maximum Gasteiger partial charge on any atom is 0.277 e. The monoisotopic (exact) mass is 362 g/mol. The number of carbonyl (C=O) groups is 1. The summed E-state index contributed by atoms with van der Waals surface area (Å²) in [6.45, 7) is 1.06. The van der Waals surface area contributed by atoms with Gasteiger partial charge >= 0.3 is 0 Å². The normalized spacial score (nSPS) is 20.9. The molecule has 9 nitrogen and oxygen atoms in total. The summed E-state index contributed by atoms with van der Waals surface area (Å²) in [6.07, 6.45) is 6.86. The van der Waals surface area contributed by atoms with Crippen molar-refractivity contribution in [2.24, 2.45) is 0 Å². The summed E-state index contributed by atoms with van der Waals surface area (Å²) >= 11 is 0. The molecule has 0 aromatic heterocycles. The molecule has 1 atom stereocenters. The number of carbonyl (C=O) groups excluding carboxylic acids is 1. The average molecular weight is 362 g/mol. The van der Waals surface area contributed by atoms with E-state index in [2.05, 4.69) is 5.32 Å². The van der Waals surface area contributed by atoms with Gasteiger partial charge in [0.15, 0.2) is 0 Å². The fraction of sp³-hybridized carbons (Fsp3) is 0.588. The molecule has 0 bridgehead atoms. The lowest BCUT2D eigenvalue weighted by molar-refractivity contribution is -0.394. The van der Waals surface area contributed by atoms with Gasteiger partial charge in [-0.05, 0) is 19.3 Å². The van der Waals surface area contributed by atoms with Crippen LogP contribution in [-0.2, 0) is 0 Å². The molecular weight excluding hydrogens is 340 g/mol. The minimum Gasteiger partial charge on any atom is -0.337 e. The zero-order valence-corrected chi connectivity index (χ0v) is 14.4. The fourth-order valence-corrected chi connectivity index (χ4v) is 3.80. The summed E-state index contributed by atoms with van der Waals surface area (Å²) in [5, 5.41) is 25.6. The van der Waals surface area contributed by atoms with Crippen LogP contribution in [0, 0.1) is 20.2 Å². The third-order valence-corrected chi connectivity index (χ3v) is 5.12. The fourth-order valence-electron chi connectivity index (χ4n) is 3.80. The van der Waals surface area contributed by atoms with Gasteiger partial charge in [0, 0.05) is 37.3 Å². The Morgan fingerprint density at radius 2 is 1.58 bits per heavy atom. The van der Waals surface area contributed by atoms with E-state index in [1.807, 2.05) is 0 Å². The quantitative estimate of drug-likeness (QED) is 0.635. The van der Waals surface area contributed by atoms with E-state index in [9.17, 15) is 25.0 Å². The van der Waals surface area contributed by atoms with Crippen molar-refractivity contribution in [2.75, 3.05) is 13.1 Å². The summed E-state index contributed by atoms with van der Waals surface area (Å²) in [5.74, 6) is -0.398. The molecule has 1 N–H and O–H groups in total. The largest absolute Gasteiger partial charge is 0.337 e. The number of likely N-dealkylation sites (tertiary alicyclic amines) is 1. The minimum absolute atomic E-state index is 0.00998. The molecule has 1 aromatic rings. The Kier molecular flexibility index (Phi) is 5.46. The van der Waals surface area contributed by atoms with Gasteiger partial charge in [0.1, 0.15) is 0 Å². The summed E-state index contributed by atoms with van der Waals surface area (Å²) < 4.78 is 0. The molecule has 9 heteroatoms. The molecule has 3 rings (SSSR count). The highest BCUT2D eigenvalue weighted by molar-refractivity contribution is 5.95. The number of rotatable bonds is 5. The van der Waals surface area contributed by atoms with Crippen LogP contribution in [0.2, 0.25) is 0 Å². The van der Waals surface area contributed by atoms with Crippen molar-refractivity contribution in [3.05, 3.63) is 44.0 Å². The predicted octanol–water partition coefficient (Wildman–Crippen LogP) is 2.64. The van der Waals surface area contributed by atoms with Crippen molar-refractivity contribution in [1.82, 2.24) is 10.2 Å². The molecule has 0 spiro atoms. The Labute approximate surface area is 150 Å². The molecule has 1 heterocycles. The number of nitro benzene ring substituents is 2. The SMILES string of the molecule is O=C(c1cc([N+](=O)[O-])cc([N+](=O)[O-])c1)N1CCC(NC2CCCCC2)C1. The molecule has 1 aliphatic carbocycles. The van der Waals surface area contributed by atoms with Gasteiger partial charge in [0.2, 0.25) is 0 Å². The van der Waals surface area contributed by atoms with Crippen molar-refractivity contribution in [3.63, 3.8) is 0 Å². The smallest absolute Gasteiger partial charge is 0.277 e. The first-order chi connectivity index (χ1) is 12.4. The van der Waals surface area contributed by atoms with Crippen LogP contribution in [0.15, 0.2) is 18.2 Å². The van der Waals surface area contributed by atoms with Crippen LogP contribution in [-0.4, -0.2) is 45.8 Å². The Hall–Kier alpha value is -2.55. The van der Waals surface area contributed by atoms with E-state index >= 15 is 0 Å². The lowest BCUT2D eigenvalue weighted by Gasteiger charge is -2.26. The molecule has 26 heavy (non-hydrogen) atoms. The highest BCUT2D eigenvalue weighted by Crippen LogP contribution is 2.25. The van der Waals surface area contributed by atoms with Crippen LogP contribution in [0.3, 0.4) is 0 Å². The third kappa shape index (κ3) is 4.16. The highest BCUT2D eigenvalue weighted by atomic mass is 16.6. The van der Waals surface area contributed by atoms with Crippen LogP contribution < -0.4 is 5.32 Å². The first-order valence-electron chi connectivity index (χ1n) is 8.93. The molecule has 1 saturated carbocycles. The number of benzene rings is 1. The summed E-state index contributed by atoms with van der Waals surface area (Å²) in [6, 6.07) is 3.78. The van der Waals surface area contributed by atoms with E-state index in [1.54, 1.807) is 4.90 Å². The lowest BCUT2D eigenvalue weighted by atomic mass is 9.95. The van der Waals surface area contributed by atoms with Crippen LogP contribution in [0.1, 0.15) is 48.9 Å². The van der Waals surface area contributed by atoms with Crippen molar-refractivity contribution < 1.29 is 14.6 Å². The molecule has 1 aliphatic heterocycles. The zero-order chi connectivity index (χ0) is 18.7. The number of non-ortho nitro benzene ring substituents is 2. The number of nitrogens with zero attached hydrogens (tertiary/aromatic N) is 3. The molecule has 1 aromatic carbocycles. The summed E-state index contributed by atoms with van der Waals surface area (Å²) in [7, 11) is 0. The second-order valence-corrected chi connectivity index (χ2v) is 6.99. The van der Waals surface area contributed by atoms with Crippen LogP contribution in [0.4, 0.5) is 11.4 Å². The number of nitro groups is 2. The van der Waals surface area contributed by atoms with Gasteiger partial charge in [-0.25, -0.2) is 0 Å². The summed E-state index contributed by atoms with van der Waals surface area (Å²) in [5.41, 5.74) is -0.901. The predicted molar refractivity (Wildman–Crippen MR) is 94.1 cm³/mol. The lowest BCUT2D eigenvalue weighted by Crippen LogP contribution is -2.41. The molecule has 0 radical (unpaired) electrons. The van der Waals surface area contributed by atoms with E-state index in [0.717, 1.165) is 37.5 Å². The van der Waals surface area contributed by atoms with Crippen LogP contribution in [0.25, 0.3) is 0 Å². The third-order valence-electron chi connectivity index (χ3n) is 5.12. The molecule has 1 saturated heterocycles. The van der Waals surface area contributed by atoms with E-state index in [1.165, 1.54) is 19.3 Å². The van der Waals surface area contributed by atoms with Gasteiger partial charge in [0.25, 0.3) is 17.3 Å². The summed E-state index contributed by atoms with van der Waals surface area (Å²) in [4.78, 5) is 34.8. The standard InChI is InChI=1S/C17H22N4O5/c22-17(12-8-15(20(23)24)10-16(9-12)21(25)26)19-7-6-14(11-19)18-13-4-2-1-3-5-13/h8-10,13-14,18H,1-7,11H2. The van der Waals surface area contributed by atoms with Gasteiger partial charge in [-0.3, -0.25) is 25.0 Å². The number of nitrogens with one attached hydrogen (secondary N) is 1. The minimum atomic E-state index is -0.721. The molecule has 2 aliphatic rings. The maximum absolute atomic E-state index is 12.7. The molecule has 140 valence electrons. The van der Waals surface area contributed by atoms with Gasteiger partial charge in [-0.1, -0.05) is 19.3 Å². The second kappa shape index (κ2) is 7.77. The Balaban J connectivity index is 1.69. The molecule has 1 unspecified atom stereocenters. The van der Waals surface area contributed by atoms with Crippen molar-refractivity contribution in [2.45, 2.75) is 50.6 Å². The topological polar surface area (TPSA) is 119 Å². The molecular formula is C17H22N4O5. The Morgan fingerprint density at radius 3 is 2.15 bits per heavy atom. The average Bonchev–Trinajstić information content (AvgIpc) is 3.09. The van der Waals surface area contributed by atoms with Crippen molar-refractivity contribution in [3.8, 4) is 0 Å². The zero-order valence-electron chi connectivity index (χ0n) is 14.4. The number of amides is 1. The van der Waals surface area contributed by atoms with E-state index in [0.29, 0.717) is 19.1 Å². The maximum atomic E-state index is 12.7. The highest BCUT2D eigenvalue weighted by Gasteiger charge is 2.30. The van der Waals surface area contributed by atoms with Gasteiger partial charge < -0.3 is 10.2 Å². The van der Waals surface area contributed by atoms with Gasteiger partial charge in [-0.2, -0.15) is 0 Å². The van der Waals surface area contributed by atoms with Gasteiger partial charge in [-0.15, -0.1) is 0 Å². The molecule has 2 fully saturated rings. The van der Waals surface area contributed by atoms with E-state index in [4.69, 9.17) is 0 Å². The first-order valence-corrected chi connectivity index (χ1v) is 8.93. The molecule has 1 amide bonds. The Bertz CT molecular complexity index is 685. The second-order valence-electron chi connectivity index (χ2n) is 6.99. The van der Waals surface area contributed by atoms with E-state index < -0.39 is 27.1 Å². The van der Waals surface area contributed by atoms with Crippen molar-refractivity contribution >= 4 is 17.3 Å².